The van der Waals surface area contributed by atoms with Gasteiger partial charge in [0.1, 0.15) is 6.61 Å². The van der Waals surface area contributed by atoms with Gasteiger partial charge >= 0.3 is 11.9 Å². The highest BCUT2D eigenvalue weighted by Crippen LogP contribution is 2.16. The second kappa shape index (κ2) is 49.7. The molecule has 0 aliphatic carbocycles. The molecular formula is C53H100O5. The minimum Gasteiger partial charge on any atom is -0.462 e. The van der Waals surface area contributed by atoms with Crippen LogP contribution in [0.3, 0.4) is 0 Å². The zero-order valence-electron chi connectivity index (χ0n) is 39.3. The number of esters is 2. The molecule has 0 aromatic heterocycles. The van der Waals surface area contributed by atoms with Crippen LogP contribution in [0.25, 0.3) is 0 Å². The van der Waals surface area contributed by atoms with Crippen molar-refractivity contribution >= 4 is 11.9 Å². The van der Waals surface area contributed by atoms with E-state index >= 15 is 0 Å². The summed E-state index contributed by atoms with van der Waals surface area (Å²) in [5.41, 5.74) is 0. The predicted molar refractivity (Wildman–Crippen MR) is 252 cm³/mol. The summed E-state index contributed by atoms with van der Waals surface area (Å²) in [6.07, 6.45) is 57.7. The van der Waals surface area contributed by atoms with Gasteiger partial charge in [-0.15, -0.1) is 0 Å². The summed E-state index contributed by atoms with van der Waals surface area (Å²) in [5.74, 6) is -0.390. The standard InChI is InChI=1S/C53H100O5/c1-4-7-10-13-16-18-20-22-24-26-28-30-32-34-36-39-42-45-48-56-49-51(58-53(55)47-44-41-37-15-12-9-6-3)50-57-52(54)46-43-40-38-35-33-31-29-27-25-23-21-19-17-14-11-8-5-2/h16,18,22,24,51H,4-15,17,19-21,23,25-50H2,1-3H3/b18-16-,24-22-. The lowest BCUT2D eigenvalue weighted by atomic mass is 10.0. The molecule has 0 N–H and O–H groups in total. The second-order valence-corrected chi connectivity index (χ2v) is 17.4. The fraction of sp³-hybridized carbons (Fsp3) is 0.887. The van der Waals surface area contributed by atoms with E-state index in [2.05, 4.69) is 45.1 Å². The van der Waals surface area contributed by atoms with Crippen molar-refractivity contribution in [3.8, 4) is 0 Å². The molecule has 1 unspecified atom stereocenters. The Kier molecular flexibility index (Phi) is 48.4. The van der Waals surface area contributed by atoms with Gasteiger partial charge in [-0.3, -0.25) is 9.59 Å². The summed E-state index contributed by atoms with van der Waals surface area (Å²) in [7, 11) is 0. The Labute approximate surface area is 362 Å². The first kappa shape index (κ1) is 56.4. The van der Waals surface area contributed by atoms with Gasteiger partial charge in [0.05, 0.1) is 6.61 Å². The number of hydrogen-bond donors (Lipinski definition) is 0. The summed E-state index contributed by atoms with van der Waals surface area (Å²) in [6, 6.07) is 0. The summed E-state index contributed by atoms with van der Waals surface area (Å²) >= 11 is 0. The van der Waals surface area contributed by atoms with Crippen LogP contribution in [0, 0.1) is 0 Å². The smallest absolute Gasteiger partial charge is 0.306 e. The molecule has 0 spiro atoms. The molecule has 0 saturated heterocycles. The van der Waals surface area contributed by atoms with Crippen LogP contribution < -0.4 is 0 Å². The molecule has 0 aromatic carbocycles. The molecule has 0 rings (SSSR count). The number of rotatable bonds is 48. The molecule has 5 heteroatoms. The molecule has 0 aliphatic heterocycles. The summed E-state index contributed by atoms with van der Waals surface area (Å²) in [6.45, 7) is 7.81. The first-order valence-corrected chi connectivity index (χ1v) is 25.9. The molecule has 342 valence electrons. The van der Waals surface area contributed by atoms with E-state index in [1.807, 2.05) is 0 Å². The van der Waals surface area contributed by atoms with Gasteiger partial charge in [0.2, 0.25) is 0 Å². The SMILES string of the molecule is CCCCC/C=C\C/C=C\CCCCCCCCCCOCC(COC(=O)CCCCCCCCCCCCCCCCCCC)OC(=O)CCCCCCCCC. The first-order valence-electron chi connectivity index (χ1n) is 25.9. The number of hydrogen-bond acceptors (Lipinski definition) is 5. The highest BCUT2D eigenvalue weighted by atomic mass is 16.6. The molecule has 1 atom stereocenters. The molecule has 0 amide bonds. The molecule has 0 fully saturated rings. The Hall–Kier alpha value is -1.62. The number of allylic oxidation sites excluding steroid dienone is 4. The van der Waals surface area contributed by atoms with E-state index in [0.717, 1.165) is 44.9 Å². The van der Waals surface area contributed by atoms with Gasteiger partial charge in [0.25, 0.3) is 0 Å². The molecule has 58 heavy (non-hydrogen) atoms. The van der Waals surface area contributed by atoms with E-state index in [-0.39, 0.29) is 18.5 Å². The van der Waals surface area contributed by atoms with Gasteiger partial charge in [-0.2, -0.15) is 0 Å². The molecule has 0 saturated carbocycles. The highest BCUT2D eigenvalue weighted by molar-refractivity contribution is 5.70. The maximum absolute atomic E-state index is 12.7. The summed E-state index contributed by atoms with van der Waals surface area (Å²) in [4.78, 5) is 25.2. The van der Waals surface area contributed by atoms with Gasteiger partial charge in [-0.05, 0) is 51.4 Å². The van der Waals surface area contributed by atoms with E-state index in [9.17, 15) is 9.59 Å². The third-order valence-electron chi connectivity index (χ3n) is 11.5. The average molecular weight is 817 g/mol. The van der Waals surface area contributed by atoms with Gasteiger partial charge in [-0.25, -0.2) is 0 Å². The van der Waals surface area contributed by atoms with Crippen LogP contribution in [0.1, 0.15) is 278 Å². The maximum atomic E-state index is 12.7. The van der Waals surface area contributed by atoms with Gasteiger partial charge in [0, 0.05) is 19.4 Å². The monoisotopic (exact) mass is 817 g/mol. The Balaban J connectivity index is 4.07. The van der Waals surface area contributed by atoms with Crippen molar-refractivity contribution in [3.63, 3.8) is 0 Å². The van der Waals surface area contributed by atoms with Crippen molar-refractivity contribution in [2.45, 2.75) is 284 Å². The third kappa shape index (κ3) is 47.1. The van der Waals surface area contributed by atoms with E-state index in [1.54, 1.807) is 0 Å². The lowest BCUT2D eigenvalue weighted by molar-refractivity contribution is -0.163. The quantitative estimate of drug-likeness (QED) is 0.0348. The minimum atomic E-state index is -0.529. The summed E-state index contributed by atoms with van der Waals surface area (Å²) < 4.78 is 17.3. The van der Waals surface area contributed by atoms with Crippen LogP contribution in [0.2, 0.25) is 0 Å². The van der Waals surface area contributed by atoms with Crippen LogP contribution in [0.15, 0.2) is 24.3 Å². The van der Waals surface area contributed by atoms with Crippen LogP contribution in [0.5, 0.6) is 0 Å². The molecule has 0 aromatic rings. The van der Waals surface area contributed by atoms with Crippen molar-refractivity contribution in [2.75, 3.05) is 19.8 Å². The number of ether oxygens (including phenoxy) is 3. The summed E-state index contributed by atoms with van der Waals surface area (Å²) in [5, 5.41) is 0. The fourth-order valence-electron chi connectivity index (χ4n) is 7.60. The Morgan fingerprint density at radius 3 is 1.17 bits per heavy atom. The first-order chi connectivity index (χ1) is 28.6. The maximum Gasteiger partial charge on any atom is 0.306 e. The second-order valence-electron chi connectivity index (χ2n) is 17.4. The molecule has 0 heterocycles. The van der Waals surface area contributed by atoms with E-state index < -0.39 is 6.10 Å². The average Bonchev–Trinajstić information content (AvgIpc) is 3.22. The minimum absolute atomic E-state index is 0.0898. The zero-order chi connectivity index (χ0) is 42.1. The van der Waals surface area contributed by atoms with Gasteiger partial charge < -0.3 is 14.2 Å². The number of unbranched alkanes of at least 4 members (excludes halogenated alkanes) is 33. The number of carbonyl (C=O) groups is 2. The number of carbonyl (C=O) groups excluding carboxylic acids is 2. The Morgan fingerprint density at radius 2 is 0.724 bits per heavy atom. The largest absolute Gasteiger partial charge is 0.462 e. The third-order valence-corrected chi connectivity index (χ3v) is 11.5. The fourth-order valence-corrected chi connectivity index (χ4v) is 7.60. The van der Waals surface area contributed by atoms with Crippen molar-refractivity contribution in [3.05, 3.63) is 24.3 Å². The zero-order valence-corrected chi connectivity index (χ0v) is 39.3. The lowest BCUT2D eigenvalue weighted by Crippen LogP contribution is -2.30. The van der Waals surface area contributed by atoms with Crippen molar-refractivity contribution in [1.29, 1.82) is 0 Å². The van der Waals surface area contributed by atoms with E-state index in [4.69, 9.17) is 14.2 Å². The van der Waals surface area contributed by atoms with Crippen LogP contribution >= 0.6 is 0 Å². The van der Waals surface area contributed by atoms with Crippen LogP contribution in [0.4, 0.5) is 0 Å². The topological polar surface area (TPSA) is 61.8 Å². The highest BCUT2D eigenvalue weighted by Gasteiger charge is 2.17. The van der Waals surface area contributed by atoms with E-state index in [1.165, 1.54) is 199 Å². The van der Waals surface area contributed by atoms with Gasteiger partial charge in [-0.1, -0.05) is 238 Å². The Morgan fingerprint density at radius 1 is 0.379 bits per heavy atom. The van der Waals surface area contributed by atoms with Crippen molar-refractivity contribution in [2.24, 2.45) is 0 Å². The van der Waals surface area contributed by atoms with Crippen LogP contribution in [-0.4, -0.2) is 37.9 Å². The molecule has 0 radical (unpaired) electrons. The lowest BCUT2D eigenvalue weighted by Gasteiger charge is -2.18. The molecule has 5 nitrogen and oxygen atoms in total. The normalized spacial score (nSPS) is 12.3. The molecular weight excluding hydrogens is 717 g/mol. The molecule has 0 bridgehead atoms. The predicted octanol–water partition coefficient (Wildman–Crippen LogP) is 17.2. The van der Waals surface area contributed by atoms with Crippen molar-refractivity contribution in [1.82, 2.24) is 0 Å². The Bertz CT molecular complexity index is 882. The molecule has 0 aliphatic rings. The van der Waals surface area contributed by atoms with Crippen molar-refractivity contribution < 1.29 is 23.8 Å². The van der Waals surface area contributed by atoms with Gasteiger partial charge in [0.15, 0.2) is 6.10 Å². The van der Waals surface area contributed by atoms with Crippen LogP contribution in [-0.2, 0) is 23.8 Å². The van der Waals surface area contributed by atoms with E-state index in [0.29, 0.717) is 26.1 Å².